The third-order valence-corrected chi connectivity index (χ3v) is 6.54. The highest BCUT2D eigenvalue weighted by Gasteiger charge is 2.28. The number of hydrogen-bond donors (Lipinski definition) is 1. The molecule has 5 nitrogen and oxygen atoms in total. The van der Waals surface area contributed by atoms with Gasteiger partial charge in [0.2, 0.25) is 0 Å². The molecule has 1 aliphatic heterocycles. The normalized spacial score (nSPS) is 14.1. The van der Waals surface area contributed by atoms with E-state index in [2.05, 4.69) is 15.6 Å². The van der Waals surface area contributed by atoms with Crippen LogP contribution in [0.4, 0.5) is 5.69 Å². The maximum absolute atomic E-state index is 12.9. The first-order valence-corrected chi connectivity index (χ1v) is 11.3. The van der Waals surface area contributed by atoms with E-state index in [1.807, 2.05) is 60.7 Å². The number of fused-ring (bicyclic) bond motifs is 1. The Morgan fingerprint density at radius 3 is 2.16 bits per heavy atom. The van der Waals surface area contributed by atoms with Crippen LogP contribution >= 0.6 is 0 Å². The summed E-state index contributed by atoms with van der Waals surface area (Å²) in [5.41, 5.74) is 2.93. The minimum absolute atomic E-state index is 0.0117. The summed E-state index contributed by atoms with van der Waals surface area (Å²) in [6, 6.07) is 24.4. The van der Waals surface area contributed by atoms with Crippen molar-refractivity contribution in [1.29, 1.82) is 0 Å². The summed E-state index contributed by atoms with van der Waals surface area (Å²) in [7, 11) is -4.00. The number of nitrogens with one attached hydrogen (secondary N) is 1. The number of sulfonamides is 1. The number of Topliss-reactive ketones (excluding diaryl/α,β-unsaturated/α-hetero) is 1. The zero-order chi connectivity index (χ0) is 21.8. The molecule has 0 saturated heterocycles. The molecule has 31 heavy (non-hydrogen) atoms. The number of benzene rings is 3. The fourth-order valence-corrected chi connectivity index (χ4v) is 4.82. The van der Waals surface area contributed by atoms with Gasteiger partial charge in [-0.1, -0.05) is 66.6 Å². The Morgan fingerprint density at radius 2 is 1.58 bits per heavy atom. The Hall–Kier alpha value is -3.69. The topological polar surface area (TPSA) is 75.6 Å². The number of rotatable bonds is 6. The van der Waals surface area contributed by atoms with Crippen LogP contribution in [0.1, 0.15) is 35.4 Å². The zero-order valence-electron chi connectivity index (χ0n) is 16.7. The summed E-state index contributed by atoms with van der Waals surface area (Å²) in [4.78, 5) is 12.9. The van der Waals surface area contributed by atoms with Crippen LogP contribution in [-0.2, 0) is 14.8 Å². The molecular weight excluding hydrogens is 408 g/mol. The van der Waals surface area contributed by atoms with Crippen LogP contribution in [-0.4, -0.2) is 20.0 Å². The van der Waals surface area contributed by atoms with Crippen LogP contribution in [0.15, 0.2) is 88.2 Å². The average Bonchev–Trinajstić information content (AvgIpc) is 2.80. The second-order valence-electron chi connectivity index (χ2n) is 7.23. The van der Waals surface area contributed by atoms with Gasteiger partial charge in [-0.15, -0.1) is 10.8 Å². The third-order valence-electron chi connectivity index (χ3n) is 5.22. The van der Waals surface area contributed by atoms with Crippen molar-refractivity contribution in [2.24, 2.45) is 4.40 Å². The molecule has 0 fully saturated rings. The van der Waals surface area contributed by atoms with Gasteiger partial charge in [-0.25, -0.2) is 0 Å². The Balaban J connectivity index is 1.56. The Morgan fingerprint density at radius 1 is 0.968 bits per heavy atom. The number of carbonyl (C=O) groups is 1. The van der Waals surface area contributed by atoms with E-state index in [1.54, 1.807) is 12.1 Å². The predicted molar refractivity (Wildman–Crippen MR) is 122 cm³/mol. The number of ketones is 1. The number of carbonyl (C=O) groups excluding carboxylic acids is 1. The molecule has 0 aliphatic carbocycles. The molecule has 0 saturated carbocycles. The molecule has 0 bridgehead atoms. The molecular formula is C25H20N2O3S. The van der Waals surface area contributed by atoms with E-state index in [-0.39, 0.29) is 28.9 Å². The molecule has 1 N–H and O–H groups in total. The largest absolute Gasteiger partial charge is 0.335 e. The standard InChI is InChI=1S/C25H20N2O3S/c1-2-18-13-15-22-24(17-18)31(29,30)27-25(26-22)23(28)16-14-21(19-9-5-3-6-10-19)20-11-7-4-8-12-20/h1,3-13,15,17,21H,14,16H2,(H,26,27). The van der Waals surface area contributed by atoms with Crippen LogP contribution in [0.2, 0.25) is 0 Å². The maximum Gasteiger partial charge on any atom is 0.286 e. The van der Waals surface area contributed by atoms with E-state index in [1.165, 1.54) is 6.07 Å². The molecule has 3 aromatic carbocycles. The molecule has 3 aromatic rings. The smallest absolute Gasteiger partial charge is 0.286 e. The molecule has 154 valence electrons. The van der Waals surface area contributed by atoms with E-state index >= 15 is 0 Å². The lowest BCUT2D eigenvalue weighted by molar-refractivity contribution is -0.113. The van der Waals surface area contributed by atoms with E-state index in [0.29, 0.717) is 17.7 Å². The molecule has 0 aromatic heterocycles. The predicted octanol–water partition coefficient (Wildman–Crippen LogP) is 4.36. The Bertz CT molecular complexity index is 1250. The highest BCUT2D eigenvalue weighted by Crippen LogP contribution is 2.31. The number of hydrogen-bond acceptors (Lipinski definition) is 4. The van der Waals surface area contributed by atoms with Gasteiger partial charge in [0.25, 0.3) is 10.0 Å². The first-order valence-electron chi connectivity index (χ1n) is 9.83. The maximum atomic E-state index is 12.9. The van der Waals surface area contributed by atoms with Gasteiger partial charge in [0, 0.05) is 17.9 Å². The minimum atomic E-state index is -4.00. The van der Waals surface area contributed by atoms with Crippen molar-refractivity contribution in [2.45, 2.75) is 23.7 Å². The summed E-state index contributed by atoms with van der Waals surface area (Å²) in [6.07, 6.45) is 6.03. The van der Waals surface area contributed by atoms with Crippen LogP contribution in [0.5, 0.6) is 0 Å². The van der Waals surface area contributed by atoms with Gasteiger partial charge >= 0.3 is 0 Å². The van der Waals surface area contributed by atoms with Gasteiger partial charge < -0.3 is 5.32 Å². The first kappa shape index (κ1) is 20.6. The summed E-state index contributed by atoms with van der Waals surface area (Å²) < 4.78 is 28.9. The lowest BCUT2D eigenvalue weighted by atomic mass is 9.87. The molecule has 0 atom stereocenters. The molecule has 0 amide bonds. The average molecular weight is 429 g/mol. The fourth-order valence-electron chi connectivity index (χ4n) is 3.66. The van der Waals surface area contributed by atoms with Crippen LogP contribution in [0.25, 0.3) is 0 Å². The van der Waals surface area contributed by atoms with Crippen molar-refractivity contribution in [3.05, 3.63) is 95.6 Å². The number of anilines is 1. The van der Waals surface area contributed by atoms with Gasteiger partial charge in [-0.3, -0.25) is 4.79 Å². The monoisotopic (exact) mass is 428 g/mol. The molecule has 1 aliphatic rings. The summed E-state index contributed by atoms with van der Waals surface area (Å²) >= 11 is 0. The van der Waals surface area contributed by atoms with E-state index in [4.69, 9.17) is 6.42 Å². The van der Waals surface area contributed by atoms with Gasteiger partial charge in [0.15, 0.2) is 11.6 Å². The number of amidine groups is 1. The lowest BCUT2D eigenvalue weighted by Crippen LogP contribution is -2.29. The molecule has 0 radical (unpaired) electrons. The molecule has 1 heterocycles. The van der Waals surface area contributed by atoms with E-state index in [0.717, 1.165) is 11.1 Å². The number of terminal acetylenes is 1. The first-order chi connectivity index (χ1) is 15.0. The van der Waals surface area contributed by atoms with Crippen molar-refractivity contribution in [3.63, 3.8) is 0 Å². The number of nitrogens with zero attached hydrogens (tertiary/aromatic N) is 1. The fraction of sp³-hybridized carbons (Fsp3) is 0.120. The van der Waals surface area contributed by atoms with Crippen LogP contribution in [0, 0.1) is 12.3 Å². The zero-order valence-corrected chi connectivity index (χ0v) is 17.5. The van der Waals surface area contributed by atoms with Gasteiger partial charge in [-0.05, 0) is 35.7 Å². The quantitative estimate of drug-likeness (QED) is 0.592. The highest BCUT2D eigenvalue weighted by molar-refractivity contribution is 7.90. The van der Waals surface area contributed by atoms with Gasteiger partial charge in [-0.2, -0.15) is 8.42 Å². The Kier molecular flexibility index (Phi) is 5.70. The van der Waals surface area contributed by atoms with Crippen molar-refractivity contribution < 1.29 is 13.2 Å². The van der Waals surface area contributed by atoms with Gasteiger partial charge in [0.05, 0.1) is 5.69 Å². The SMILES string of the molecule is C#Cc1ccc2c(c1)S(=O)(=O)N=C(C(=O)CCC(c1ccccc1)c1ccccc1)N2. The van der Waals surface area contributed by atoms with E-state index < -0.39 is 10.0 Å². The molecule has 6 heteroatoms. The Labute approximate surface area is 181 Å². The summed E-state index contributed by atoms with van der Waals surface area (Å²) in [5.74, 6) is 1.90. The van der Waals surface area contributed by atoms with Crippen LogP contribution in [0.3, 0.4) is 0 Å². The molecule has 0 unspecified atom stereocenters. The highest BCUT2D eigenvalue weighted by atomic mass is 32.2. The van der Waals surface area contributed by atoms with Crippen LogP contribution < -0.4 is 5.32 Å². The third kappa shape index (κ3) is 4.42. The van der Waals surface area contributed by atoms with E-state index in [9.17, 15) is 13.2 Å². The second kappa shape index (κ2) is 8.58. The van der Waals surface area contributed by atoms with Crippen molar-refractivity contribution >= 4 is 27.3 Å². The molecule has 0 spiro atoms. The van der Waals surface area contributed by atoms with Crippen molar-refractivity contribution in [3.8, 4) is 12.3 Å². The minimum Gasteiger partial charge on any atom is -0.335 e. The van der Waals surface area contributed by atoms with Crippen molar-refractivity contribution in [1.82, 2.24) is 0 Å². The summed E-state index contributed by atoms with van der Waals surface area (Å²) in [5, 5.41) is 2.86. The molecule has 4 rings (SSSR count). The summed E-state index contributed by atoms with van der Waals surface area (Å²) in [6.45, 7) is 0. The van der Waals surface area contributed by atoms with Crippen molar-refractivity contribution in [2.75, 3.05) is 5.32 Å². The second-order valence-corrected chi connectivity index (χ2v) is 8.80. The van der Waals surface area contributed by atoms with Gasteiger partial charge in [0.1, 0.15) is 4.90 Å². The lowest BCUT2D eigenvalue weighted by Gasteiger charge is -2.20.